The highest BCUT2D eigenvalue weighted by Crippen LogP contribution is 2.26. The van der Waals surface area contributed by atoms with Gasteiger partial charge in [-0.2, -0.15) is 0 Å². The number of carbonyl (C=O) groups is 2. The number of hydrogen-bond donors (Lipinski definition) is 0. The number of ether oxygens (including phenoxy) is 1. The van der Waals surface area contributed by atoms with Gasteiger partial charge in [-0.3, -0.25) is 14.5 Å². The lowest BCUT2D eigenvalue weighted by Crippen LogP contribution is -2.52. The number of benzene rings is 1. The predicted octanol–water partition coefficient (Wildman–Crippen LogP) is 2.95. The Morgan fingerprint density at radius 3 is 2.29 bits per heavy atom. The zero-order valence-electron chi connectivity index (χ0n) is 18.2. The Bertz CT molecular complexity index is 884. The van der Waals surface area contributed by atoms with Gasteiger partial charge >= 0.3 is 0 Å². The molecule has 7 nitrogen and oxygen atoms in total. The van der Waals surface area contributed by atoms with Crippen LogP contribution in [0.15, 0.2) is 28.9 Å². The number of carbonyl (C=O) groups excluding carboxylic acids is 2. The van der Waals surface area contributed by atoms with Gasteiger partial charge < -0.3 is 19.0 Å². The van der Waals surface area contributed by atoms with E-state index in [-0.39, 0.29) is 24.2 Å². The number of nitrogens with zero attached hydrogens (tertiary/aromatic N) is 3. The van der Waals surface area contributed by atoms with E-state index in [0.717, 1.165) is 61.3 Å². The average Bonchev–Trinajstić information content (AvgIpc) is 2.97. The van der Waals surface area contributed by atoms with Gasteiger partial charge in [-0.1, -0.05) is 12.8 Å². The number of furan rings is 1. The van der Waals surface area contributed by atoms with Crippen LogP contribution in [0.25, 0.3) is 11.0 Å². The molecule has 2 fully saturated rings. The fraction of sp³-hybridized carbons (Fsp3) is 0.565. The molecule has 2 aliphatic rings. The number of rotatable bonds is 5. The number of halogens is 1. The smallest absolute Gasteiger partial charge is 0.236 e. The van der Waals surface area contributed by atoms with Crippen molar-refractivity contribution in [2.24, 2.45) is 0 Å². The number of methoxy groups -OCH3 is 1. The minimum Gasteiger partial charge on any atom is -0.497 e. The van der Waals surface area contributed by atoms with Gasteiger partial charge in [-0.25, -0.2) is 0 Å². The molecular weight excluding hydrogens is 418 g/mol. The molecule has 170 valence electrons. The third-order valence-corrected chi connectivity index (χ3v) is 6.25. The Hall–Kier alpha value is -2.25. The fourth-order valence-corrected chi connectivity index (χ4v) is 4.37. The summed E-state index contributed by atoms with van der Waals surface area (Å²) in [4.78, 5) is 31.5. The van der Waals surface area contributed by atoms with Crippen LogP contribution in [0.5, 0.6) is 5.75 Å². The second-order valence-corrected chi connectivity index (χ2v) is 8.25. The quantitative estimate of drug-likeness (QED) is 0.702. The predicted molar refractivity (Wildman–Crippen MR) is 122 cm³/mol. The molecule has 8 heteroatoms. The third kappa shape index (κ3) is 5.71. The van der Waals surface area contributed by atoms with Crippen LogP contribution in [-0.2, 0) is 16.0 Å². The topological polar surface area (TPSA) is 66.2 Å². The first-order valence-electron chi connectivity index (χ1n) is 11.0. The van der Waals surface area contributed by atoms with Crippen molar-refractivity contribution in [3.8, 4) is 5.75 Å². The maximum absolute atomic E-state index is 12.8. The molecule has 1 aromatic heterocycles. The summed E-state index contributed by atoms with van der Waals surface area (Å²) in [6.45, 7) is 5.06. The van der Waals surface area contributed by atoms with Crippen LogP contribution in [0.4, 0.5) is 0 Å². The molecule has 0 saturated carbocycles. The summed E-state index contributed by atoms with van der Waals surface area (Å²) in [5.41, 5.74) is 1.63. The summed E-state index contributed by atoms with van der Waals surface area (Å²) in [7, 11) is 1.62. The first kappa shape index (κ1) is 23.4. The highest BCUT2D eigenvalue weighted by molar-refractivity contribution is 5.88. The molecule has 0 radical (unpaired) electrons. The van der Waals surface area contributed by atoms with E-state index in [1.807, 2.05) is 28.0 Å². The summed E-state index contributed by atoms with van der Waals surface area (Å²) >= 11 is 0. The molecule has 0 atom stereocenters. The number of amides is 2. The number of fused-ring (bicyclic) bond motifs is 1. The number of likely N-dealkylation sites (tertiary alicyclic amines) is 1. The zero-order valence-corrected chi connectivity index (χ0v) is 19.0. The van der Waals surface area contributed by atoms with E-state index in [2.05, 4.69) is 4.90 Å². The summed E-state index contributed by atoms with van der Waals surface area (Å²) in [6, 6.07) is 5.65. The summed E-state index contributed by atoms with van der Waals surface area (Å²) < 4.78 is 10.8. The lowest BCUT2D eigenvalue weighted by molar-refractivity contribution is -0.134. The van der Waals surface area contributed by atoms with Crippen LogP contribution < -0.4 is 4.74 Å². The van der Waals surface area contributed by atoms with E-state index >= 15 is 0 Å². The SMILES string of the molecule is COc1ccc2c(CC(=O)N3CCN(CC(=O)N4CCCCCC4)CC3)coc2c1.Cl. The van der Waals surface area contributed by atoms with E-state index in [9.17, 15) is 9.59 Å². The van der Waals surface area contributed by atoms with Crippen molar-refractivity contribution < 1.29 is 18.7 Å². The van der Waals surface area contributed by atoms with Crippen molar-refractivity contribution in [1.29, 1.82) is 0 Å². The Morgan fingerprint density at radius 2 is 1.61 bits per heavy atom. The molecule has 0 N–H and O–H groups in total. The Kier molecular flexibility index (Phi) is 8.21. The van der Waals surface area contributed by atoms with Crippen molar-refractivity contribution in [3.05, 3.63) is 30.0 Å². The maximum atomic E-state index is 12.8. The van der Waals surface area contributed by atoms with Crippen LogP contribution >= 0.6 is 12.4 Å². The molecule has 3 heterocycles. The highest BCUT2D eigenvalue weighted by atomic mass is 35.5. The third-order valence-electron chi connectivity index (χ3n) is 6.25. The summed E-state index contributed by atoms with van der Waals surface area (Å²) in [5.74, 6) is 1.07. The minimum atomic E-state index is 0. The van der Waals surface area contributed by atoms with Crippen molar-refractivity contribution >= 4 is 35.2 Å². The normalized spacial score (nSPS) is 17.8. The lowest BCUT2D eigenvalue weighted by Gasteiger charge is -2.35. The standard InChI is InChI=1S/C23H31N3O4.ClH/c1-29-19-6-7-20-18(17-30-21(20)15-19)14-22(27)26-12-10-24(11-13-26)16-23(28)25-8-4-2-3-5-9-25;/h6-7,15,17H,2-5,8-14,16H2,1H3;1H. The Labute approximate surface area is 189 Å². The van der Waals surface area contributed by atoms with Gasteiger partial charge in [0.05, 0.1) is 26.3 Å². The Morgan fingerprint density at radius 1 is 0.935 bits per heavy atom. The average molecular weight is 450 g/mol. The van der Waals surface area contributed by atoms with Gasteiger partial charge in [0.15, 0.2) is 0 Å². The largest absolute Gasteiger partial charge is 0.497 e. The molecular formula is C23H32ClN3O4. The lowest BCUT2D eigenvalue weighted by atomic mass is 10.1. The van der Waals surface area contributed by atoms with E-state index in [0.29, 0.717) is 26.1 Å². The van der Waals surface area contributed by atoms with E-state index in [1.165, 1.54) is 12.8 Å². The molecule has 2 aliphatic heterocycles. The van der Waals surface area contributed by atoms with E-state index < -0.39 is 0 Å². The molecule has 2 aromatic rings. The molecule has 0 spiro atoms. The first-order chi connectivity index (χ1) is 14.6. The van der Waals surface area contributed by atoms with Crippen molar-refractivity contribution in [2.75, 3.05) is 52.9 Å². The van der Waals surface area contributed by atoms with Crippen molar-refractivity contribution in [1.82, 2.24) is 14.7 Å². The van der Waals surface area contributed by atoms with Gasteiger partial charge in [0.1, 0.15) is 11.3 Å². The van der Waals surface area contributed by atoms with Gasteiger partial charge in [-0.05, 0) is 25.0 Å². The summed E-state index contributed by atoms with van der Waals surface area (Å²) in [5, 5.41) is 0.950. The van der Waals surface area contributed by atoms with Crippen molar-refractivity contribution in [3.63, 3.8) is 0 Å². The molecule has 0 unspecified atom stereocenters. The summed E-state index contributed by atoms with van der Waals surface area (Å²) in [6.07, 6.45) is 6.67. The Balaban J connectivity index is 0.00000272. The van der Waals surface area contributed by atoms with Gasteiger partial charge in [0, 0.05) is 56.3 Å². The van der Waals surface area contributed by atoms with E-state index in [1.54, 1.807) is 13.4 Å². The second-order valence-electron chi connectivity index (χ2n) is 8.25. The van der Waals surface area contributed by atoms with Crippen LogP contribution in [0, 0.1) is 0 Å². The van der Waals surface area contributed by atoms with Gasteiger partial charge in [0.2, 0.25) is 11.8 Å². The second kappa shape index (κ2) is 10.9. The fourth-order valence-electron chi connectivity index (χ4n) is 4.37. The van der Waals surface area contributed by atoms with Gasteiger partial charge in [0.25, 0.3) is 0 Å². The highest BCUT2D eigenvalue weighted by Gasteiger charge is 2.25. The maximum Gasteiger partial charge on any atom is 0.236 e. The number of hydrogen-bond acceptors (Lipinski definition) is 5. The molecule has 0 bridgehead atoms. The van der Waals surface area contributed by atoms with Gasteiger partial charge in [-0.15, -0.1) is 12.4 Å². The van der Waals surface area contributed by atoms with E-state index in [4.69, 9.17) is 9.15 Å². The van der Waals surface area contributed by atoms with Crippen LogP contribution in [-0.4, -0.2) is 79.4 Å². The molecule has 2 amide bonds. The molecule has 1 aromatic carbocycles. The van der Waals surface area contributed by atoms with Crippen LogP contribution in [0.3, 0.4) is 0 Å². The van der Waals surface area contributed by atoms with Crippen LogP contribution in [0.2, 0.25) is 0 Å². The van der Waals surface area contributed by atoms with Crippen molar-refractivity contribution in [2.45, 2.75) is 32.1 Å². The molecule has 0 aliphatic carbocycles. The molecule has 2 saturated heterocycles. The molecule has 31 heavy (non-hydrogen) atoms. The monoisotopic (exact) mass is 449 g/mol. The molecule has 4 rings (SSSR count). The minimum absolute atomic E-state index is 0. The number of piperazine rings is 1. The zero-order chi connectivity index (χ0) is 20.9. The van der Waals surface area contributed by atoms with Crippen LogP contribution in [0.1, 0.15) is 31.2 Å². The first-order valence-corrected chi connectivity index (χ1v) is 11.0.